The van der Waals surface area contributed by atoms with Gasteiger partial charge in [-0.05, 0) is 23.8 Å². The lowest BCUT2D eigenvalue weighted by molar-refractivity contribution is 0.104. The van der Waals surface area contributed by atoms with Gasteiger partial charge in [0.05, 0.1) is 21.3 Å². The first-order valence-corrected chi connectivity index (χ1v) is 7.81. The molecule has 0 unspecified atom stereocenters. The number of ketones is 1. The summed E-state index contributed by atoms with van der Waals surface area (Å²) in [5.41, 5.74) is 0.850. The topological polar surface area (TPSA) is 65.0 Å². The molecule has 2 rings (SSSR count). The summed E-state index contributed by atoms with van der Waals surface area (Å²) in [6.07, 6.45) is 3.02. The Hall–Kier alpha value is -2.47. The molecule has 0 spiro atoms. The standard InChI is InChI=1S/C18H17BrO5/c1-22-15-10-14(21)16(18(24-3)17(15)23-2)13(20)9-8-11-6-4-5-7-12(11)19/h4-10,21H,1-3H3/b9-8+. The number of aromatic hydroxyl groups is 1. The lowest BCUT2D eigenvalue weighted by Gasteiger charge is -2.15. The largest absolute Gasteiger partial charge is 0.507 e. The van der Waals surface area contributed by atoms with Crippen molar-refractivity contribution in [2.24, 2.45) is 0 Å². The summed E-state index contributed by atoms with van der Waals surface area (Å²) in [7, 11) is 4.26. The van der Waals surface area contributed by atoms with Crippen molar-refractivity contribution in [2.45, 2.75) is 0 Å². The van der Waals surface area contributed by atoms with Gasteiger partial charge in [0.1, 0.15) is 11.3 Å². The maximum atomic E-state index is 12.6. The van der Waals surface area contributed by atoms with Gasteiger partial charge in [-0.3, -0.25) is 4.79 Å². The van der Waals surface area contributed by atoms with Gasteiger partial charge in [0.15, 0.2) is 17.3 Å². The van der Waals surface area contributed by atoms with Crippen LogP contribution >= 0.6 is 15.9 Å². The normalized spacial score (nSPS) is 10.7. The molecule has 2 aromatic rings. The molecule has 0 bridgehead atoms. The first-order valence-electron chi connectivity index (χ1n) is 7.02. The number of rotatable bonds is 6. The highest BCUT2D eigenvalue weighted by molar-refractivity contribution is 9.10. The van der Waals surface area contributed by atoms with Crippen LogP contribution in [0.5, 0.6) is 23.0 Å². The second-order valence-electron chi connectivity index (χ2n) is 4.76. The van der Waals surface area contributed by atoms with E-state index in [9.17, 15) is 9.90 Å². The summed E-state index contributed by atoms with van der Waals surface area (Å²) in [6, 6.07) is 8.80. The molecule has 0 aliphatic carbocycles. The zero-order chi connectivity index (χ0) is 17.7. The third-order valence-corrected chi connectivity index (χ3v) is 4.10. The molecule has 126 valence electrons. The zero-order valence-electron chi connectivity index (χ0n) is 13.5. The molecule has 0 saturated carbocycles. The number of carbonyl (C=O) groups is 1. The summed E-state index contributed by atoms with van der Waals surface area (Å²) < 4.78 is 16.5. The van der Waals surface area contributed by atoms with Crippen LogP contribution in [0.1, 0.15) is 15.9 Å². The monoisotopic (exact) mass is 392 g/mol. The molecule has 0 fully saturated rings. The van der Waals surface area contributed by atoms with Gasteiger partial charge < -0.3 is 19.3 Å². The van der Waals surface area contributed by atoms with Crippen LogP contribution in [0, 0.1) is 0 Å². The maximum Gasteiger partial charge on any atom is 0.204 e. The van der Waals surface area contributed by atoms with E-state index in [0.717, 1.165) is 10.0 Å². The average Bonchev–Trinajstić information content (AvgIpc) is 2.59. The van der Waals surface area contributed by atoms with Gasteiger partial charge in [-0.1, -0.05) is 34.1 Å². The van der Waals surface area contributed by atoms with E-state index in [2.05, 4.69) is 15.9 Å². The molecule has 0 aromatic heterocycles. The molecule has 0 radical (unpaired) electrons. The highest BCUT2D eigenvalue weighted by Gasteiger charge is 2.24. The summed E-state index contributed by atoms with van der Waals surface area (Å²) >= 11 is 3.41. The lowest BCUT2D eigenvalue weighted by Crippen LogP contribution is -2.03. The Balaban J connectivity index is 2.48. The van der Waals surface area contributed by atoms with Crippen molar-refractivity contribution in [3.05, 3.63) is 52.0 Å². The summed E-state index contributed by atoms with van der Waals surface area (Å²) in [6.45, 7) is 0. The number of halogens is 1. The Labute approximate surface area is 148 Å². The predicted molar refractivity (Wildman–Crippen MR) is 95.3 cm³/mol. The lowest BCUT2D eigenvalue weighted by atomic mass is 10.1. The van der Waals surface area contributed by atoms with E-state index in [1.165, 1.54) is 33.5 Å². The second-order valence-corrected chi connectivity index (χ2v) is 5.61. The van der Waals surface area contributed by atoms with Crippen LogP contribution in [0.4, 0.5) is 0 Å². The first kappa shape index (κ1) is 17.9. The highest BCUT2D eigenvalue weighted by Crippen LogP contribution is 2.44. The Morgan fingerprint density at radius 3 is 2.33 bits per heavy atom. The third kappa shape index (κ3) is 3.54. The van der Waals surface area contributed by atoms with E-state index >= 15 is 0 Å². The van der Waals surface area contributed by atoms with Gasteiger partial charge in [-0.2, -0.15) is 0 Å². The molecule has 5 nitrogen and oxygen atoms in total. The van der Waals surface area contributed by atoms with Crippen LogP contribution in [0.15, 0.2) is 40.9 Å². The van der Waals surface area contributed by atoms with E-state index in [4.69, 9.17) is 14.2 Å². The highest BCUT2D eigenvalue weighted by atomic mass is 79.9. The number of methoxy groups -OCH3 is 3. The molecular formula is C18H17BrO5. The fourth-order valence-corrected chi connectivity index (χ4v) is 2.66. The van der Waals surface area contributed by atoms with Crippen LogP contribution in [-0.2, 0) is 0 Å². The minimum atomic E-state index is -0.416. The van der Waals surface area contributed by atoms with E-state index in [1.54, 1.807) is 6.08 Å². The van der Waals surface area contributed by atoms with Crippen molar-refractivity contribution in [1.29, 1.82) is 0 Å². The fraction of sp³-hybridized carbons (Fsp3) is 0.167. The van der Waals surface area contributed by atoms with Crippen LogP contribution in [0.2, 0.25) is 0 Å². The van der Waals surface area contributed by atoms with Gasteiger partial charge >= 0.3 is 0 Å². The molecule has 6 heteroatoms. The number of hydrogen-bond donors (Lipinski definition) is 1. The van der Waals surface area contributed by atoms with Crippen molar-refractivity contribution in [2.75, 3.05) is 21.3 Å². The molecular weight excluding hydrogens is 376 g/mol. The SMILES string of the molecule is COc1cc(O)c(C(=O)/C=C/c2ccccc2Br)c(OC)c1OC. The molecule has 0 aliphatic heterocycles. The molecule has 0 heterocycles. The number of carbonyl (C=O) groups excluding carboxylic acids is 1. The third-order valence-electron chi connectivity index (χ3n) is 3.38. The Morgan fingerprint density at radius 1 is 1.08 bits per heavy atom. The minimum Gasteiger partial charge on any atom is -0.507 e. The molecule has 0 aliphatic rings. The van der Waals surface area contributed by atoms with E-state index in [-0.39, 0.29) is 28.6 Å². The number of allylic oxidation sites excluding steroid dienone is 1. The van der Waals surface area contributed by atoms with Crippen molar-refractivity contribution in [1.82, 2.24) is 0 Å². The van der Waals surface area contributed by atoms with Crippen molar-refractivity contribution < 1.29 is 24.1 Å². The average molecular weight is 393 g/mol. The van der Waals surface area contributed by atoms with Crippen LogP contribution < -0.4 is 14.2 Å². The number of hydrogen-bond acceptors (Lipinski definition) is 5. The number of benzene rings is 2. The van der Waals surface area contributed by atoms with Crippen molar-refractivity contribution in [3.8, 4) is 23.0 Å². The quantitative estimate of drug-likeness (QED) is 0.592. The number of phenols is 1. The fourth-order valence-electron chi connectivity index (χ4n) is 2.24. The summed E-state index contributed by atoms with van der Waals surface area (Å²) in [4.78, 5) is 12.6. The Bertz CT molecular complexity index is 783. The molecule has 0 amide bonds. The smallest absolute Gasteiger partial charge is 0.204 e. The minimum absolute atomic E-state index is 0.0125. The van der Waals surface area contributed by atoms with Gasteiger partial charge in [-0.25, -0.2) is 0 Å². The first-order chi connectivity index (χ1) is 11.5. The predicted octanol–water partition coefficient (Wildman–Crippen LogP) is 4.08. The van der Waals surface area contributed by atoms with Crippen LogP contribution in [0.25, 0.3) is 6.08 Å². The van der Waals surface area contributed by atoms with Crippen LogP contribution in [0.3, 0.4) is 0 Å². The molecule has 1 N–H and O–H groups in total. The van der Waals surface area contributed by atoms with E-state index < -0.39 is 5.78 Å². The van der Waals surface area contributed by atoms with Gasteiger partial charge in [0, 0.05) is 10.5 Å². The van der Waals surface area contributed by atoms with Gasteiger partial charge in [-0.15, -0.1) is 0 Å². The summed E-state index contributed by atoms with van der Waals surface area (Å²) in [5, 5.41) is 10.2. The second kappa shape index (κ2) is 7.88. The molecule has 2 aromatic carbocycles. The van der Waals surface area contributed by atoms with Crippen molar-refractivity contribution in [3.63, 3.8) is 0 Å². The molecule has 24 heavy (non-hydrogen) atoms. The van der Waals surface area contributed by atoms with Gasteiger partial charge in [0.2, 0.25) is 5.75 Å². The Morgan fingerprint density at radius 2 is 1.75 bits per heavy atom. The van der Waals surface area contributed by atoms with E-state index in [0.29, 0.717) is 0 Å². The molecule has 0 saturated heterocycles. The number of phenolic OH excluding ortho intramolecular Hbond substituents is 1. The summed E-state index contributed by atoms with van der Waals surface area (Å²) in [5.74, 6) is -0.0166. The van der Waals surface area contributed by atoms with Crippen LogP contribution in [-0.4, -0.2) is 32.2 Å². The maximum absolute atomic E-state index is 12.6. The van der Waals surface area contributed by atoms with Gasteiger partial charge in [0.25, 0.3) is 0 Å². The zero-order valence-corrected chi connectivity index (χ0v) is 15.1. The number of ether oxygens (including phenoxy) is 3. The van der Waals surface area contributed by atoms with E-state index in [1.807, 2.05) is 24.3 Å². The Kier molecular flexibility index (Phi) is 5.87. The molecule has 0 atom stereocenters. The van der Waals surface area contributed by atoms with Crippen molar-refractivity contribution >= 4 is 27.8 Å².